The van der Waals surface area contributed by atoms with Crippen LogP contribution >= 0.6 is 0 Å². The van der Waals surface area contributed by atoms with Gasteiger partial charge in [0.15, 0.2) is 0 Å². The highest BCUT2D eigenvalue weighted by Gasteiger charge is 2.44. The van der Waals surface area contributed by atoms with Crippen molar-refractivity contribution in [1.29, 1.82) is 0 Å². The second-order valence-corrected chi connectivity index (χ2v) is 14.1. The number of furan rings is 1. The van der Waals surface area contributed by atoms with Gasteiger partial charge in [0.05, 0.1) is 5.41 Å². The number of benzene rings is 9. The lowest BCUT2D eigenvalue weighted by molar-refractivity contribution is 0.669. The largest absolute Gasteiger partial charge is 0.456 e. The Kier molecular flexibility index (Phi) is 6.50. The normalized spacial score (nSPS) is 13.1. The van der Waals surface area contributed by atoms with E-state index in [4.69, 9.17) is 4.42 Å². The summed E-state index contributed by atoms with van der Waals surface area (Å²) in [6.07, 6.45) is 0. The van der Waals surface area contributed by atoms with Crippen molar-refractivity contribution < 1.29 is 4.42 Å². The first kappa shape index (κ1) is 29.8. The third-order valence-corrected chi connectivity index (χ3v) is 11.3. The van der Waals surface area contributed by atoms with Gasteiger partial charge >= 0.3 is 0 Å². The minimum Gasteiger partial charge on any atom is -0.456 e. The molecule has 0 N–H and O–H groups in total. The van der Waals surface area contributed by atoms with Crippen LogP contribution in [0.15, 0.2) is 205 Å². The average Bonchev–Trinajstić information content (AvgIpc) is 3.76. The second kappa shape index (κ2) is 11.6. The van der Waals surface area contributed by atoms with Crippen molar-refractivity contribution in [3.63, 3.8) is 0 Å². The molecule has 2 heteroatoms. The van der Waals surface area contributed by atoms with Crippen LogP contribution in [0.25, 0.3) is 54.6 Å². The van der Waals surface area contributed by atoms with Crippen LogP contribution in [0.3, 0.4) is 0 Å². The zero-order valence-corrected chi connectivity index (χ0v) is 28.9. The minimum atomic E-state index is -0.445. The van der Waals surface area contributed by atoms with Gasteiger partial charge in [0.25, 0.3) is 0 Å². The molecule has 1 aliphatic carbocycles. The van der Waals surface area contributed by atoms with Gasteiger partial charge in [-0.15, -0.1) is 0 Å². The van der Waals surface area contributed by atoms with Gasteiger partial charge in [0.1, 0.15) is 11.2 Å². The molecule has 53 heavy (non-hydrogen) atoms. The highest BCUT2D eigenvalue weighted by atomic mass is 16.3. The Morgan fingerprint density at radius 1 is 0.358 bits per heavy atom. The maximum Gasteiger partial charge on any atom is 0.137 e. The van der Waals surface area contributed by atoms with Crippen LogP contribution in [0.1, 0.15) is 22.3 Å². The number of hydrogen-bond donors (Lipinski definition) is 0. The summed E-state index contributed by atoms with van der Waals surface area (Å²) >= 11 is 0. The van der Waals surface area contributed by atoms with Gasteiger partial charge in [-0.25, -0.2) is 0 Å². The molecule has 1 aromatic heterocycles. The van der Waals surface area contributed by atoms with E-state index in [1.807, 2.05) is 12.1 Å². The molecule has 1 aliphatic rings. The van der Waals surface area contributed by atoms with E-state index in [1.165, 1.54) is 54.9 Å². The summed E-state index contributed by atoms with van der Waals surface area (Å²) in [7, 11) is 0. The number of rotatable bonds is 6. The Morgan fingerprint density at radius 2 is 0.943 bits per heavy atom. The Labute approximate surface area is 307 Å². The maximum atomic E-state index is 6.32. The smallest absolute Gasteiger partial charge is 0.137 e. The summed E-state index contributed by atoms with van der Waals surface area (Å²) in [4.78, 5) is 2.30. The van der Waals surface area contributed by atoms with Crippen LogP contribution in [-0.2, 0) is 5.41 Å². The molecule has 0 saturated heterocycles. The van der Waals surface area contributed by atoms with Crippen LogP contribution in [0.5, 0.6) is 0 Å². The van der Waals surface area contributed by atoms with E-state index in [1.54, 1.807) is 0 Å². The lowest BCUT2D eigenvalue weighted by atomic mass is 9.67. The first-order valence-electron chi connectivity index (χ1n) is 18.3. The molecule has 0 bridgehead atoms. The quantitative estimate of drug-likeness (QED) is 0.163. The van der Waals surface area contributed by atoms with Gasteiger partial charge in [-0.05, 0) is 103 Å². The van der Waals surface area contributed by atoms with Crippen molar-refractivity contribution >= 4 is 60.5 Å². The first-order chi connectivity index (χ1) is 26.3. The zero-order chi connectivity index (χ0) is 34.9. The molecule has 0 atom stereocenters. The molecule has 248 valence electrons. The molecule has 10 aromatic rings. The third kappa shape index (κ3) is 4.39. The Bertz CT molecular complexity index is 2930. The molecule has 11 rings (SSSR count). The minimum absolute atomic E-state index is 0.445. The van der Waals surface area contributed by atoms with E-state index in [0.717, 1.165) is 39.0 Å². The van der Waals surface area contributed by atoms with E-state index >= 15 is 0 Å². The Morgan fingerprint density at radius 3 is 1.68 bits per heavy atom. The fourth-order valence-corrected chi connectivity index (χ4v) is 9.02. The lowest BCUT2D eigenvalue weighted by Crippen LogP contribution is -2.28. The molecule has 0 saturated carbocycles. The SMILES string of the molecule is c1ccc(N(c2ccc(-c3cccc(C4(c5ccccc5)c5cccc6ccc7cccc4c7c56)c3)cc2)c2ccc3c(c2)oc2ccccc23)cc1. The molecule has 0 spiro atoms. The Balaban J connectivity index is 1.04. The van der Waals surface area contributed by atoms with Crippen molar-refractivity contribution in [3.8, 4) is 11.1 Å². The fourth-order valence-electron chi connectivity index (χ4n) is 9.02. The van der Waals surface area contributed by atoms with Crippen molar-refractivity contribution in [2.75, 3.05) is 4.90 Å². The molecule has 9 aromatic carbocycles. The van der Waals surface area contributed by atoms with Gasteiger partial charge in [0.2, 0.25) is 0 Å². The summed E-state index contributed by atoms with van der Waals surface area (Å²) < 4.78 is 6.32. The predicted molar refractivity (Wildman–Crippen MR) is 221 cm³/mol. The number of fused-ring (bicyclic) bond motifs is 3. The molecular weight excluding hydrogens is 643 g/mol. The van der Waals surface area contributed by atoms with Gasteiger partial charge in [-0.1, -0.05) is 146 Å². The molecule has 0 aliphatic heterocycles. The van der Waals surface area contributed by atoms with E-state index in [0.29, 0.717) is 0 Å². The maximum absolute atomic E-state index is 6.32. The third-order valence-electron chi connectivity index (χ3n) is 11.3. The predicted octanol–water partition coefficient (Wildman–Crippen LogP) is 13.7. The summed E-state index contributed by atoms with van der Waals surface area (Å²) in [6.45, 7) is 0. The summed E-state index contributed by atoms with van der Waals surface area (Å²) in [5, 5.41) is 7.56. The summed E-state index contributed by atoms with van der Waals surface area (Å²) in [6, 6.07) is 72.7. The number of hydrogen-bond acceptors (Lipinski definition) is 2. The zero-order valence-electron chi connectivity index (χ0n) is 28.9. The molecule has 1 heterocycles. The van der Waals surface area contributed by atoms with Crippen LogP contribution < -0.4 is 4.90 Å². The highest BCUT2D eigenvalue weighted by molar-refractivity contribution is 6.16. The van der Waals surface area contributed by atoms with Crippen molar-refractivity contribution in [2.24, 2.45) is 0 Å². The fraction of sp³-hybridized carbons (Fsp3) is 0.0196. The Hall–Kier alpha value is -6.90. The van der Waals surface area contributed by atoms with Crippen LogP contribution in [-0.4, -0.2) is 0 Å². The van der Waals surface area contributed by atoms with Crippen molar-refractivity contribution in [3.05, 3.63) is 222 Å². The van der Waals surface area contributed by atoms with Crippen LogP contribution in [0.2, 0.25) is 0 Å². The molecule has 0 radical (unpaired) electrons. The standard InChI is InChI=1S/C51H33NO/c1-3-15-38(16-4-1)51(45-21-10-12-35-24-25-36-13-11-22-46(51)50(36)49(35)45)39-17-9-14-37(32-39)34-26-28-41(29-27-34)52(40-18-5-2-6-19-40)42-30-31-44-43-20-7-8-23-47(43)53-48(44)33-42/h1-33H. The van der Waals surface area contributed by atoms with Crippen molar-refractivity contribution in [2.45, 2.75) is 5.41 Å². The van der Waals surface area contributed by atoms with Gasteiger partial charge in [-0.3, -0.25) is 0 Å². The first-order valence-corrected chi connectivity index (χ1v) is 18.3. The van der Waals surface area contributed by atoms with E-state index in [-0.39, 0.29) is 0 Å². The second-order valence-electron chi connectivity index (χ2n) is 14.1. The van der Waals surface area contributed by atoms with Gasteiger partial charge < -0.3 is 9.32 Å². The molecule has 0 unspecified atom stereocenters. The highest BCUT2D eigenvalue weighted by Crippen LogP contribution is 2.56. The molecule has 0 amide bonds. The van der Waals surface area contributed by atoms with Gasteiger partial charge in [0, 0.05) is 33.9 Å². The monoisotopic (exact) mass is 675 g/mol. The van der Waals surface area contributed by atoms with Crippen molar-refractivity contribution in [1.82, 2.24) is 0 Å². The molecule has 0 fully saturated rings. The van der Waals surface area contributed by atoms with Crippen LogP contribution in [0.4, 0.5) is 17.1 Å². The van der Waals surface area contributed by atoms with E-state index in [2.05, 4.69) is 193 Å². The number of para-hydroxylation sites is 2. The number of nitrogens with zero attached hydrogens (tertiary/aromatic N) is 1. The summed E-state index contributed by atoms with van der Waals surface area (Å²) in [5.41, 5.74) is 12.2. The van der Waals surface area contributed by atoms with Crippen LogP contribution in [0, 0.1) is 0 Å². The number of anilines is 3. The molecule has 2 nitrogen and oxygen atoms in total. The average molecular weight is 676 g/mol. The molecular formula is C51H33NO. The van der Waals surface area contributed by atoms with Gasteiger partial charge in [-0.2, -0.15) is 0 Å². The summed E-state index contributed by atoms with van der Waals surface area (Å²) in [5.74, 6) is 0. The lowest BCUT2D eigenvalue weighted by Gasteiger charge is -2.34. The van der Waals surface area contributed by atoms with E-state index < -0.39 is 5.41 Å². The van der Waals surface area contributed by atoms with E-state index in [9.17, 15) is 0 Å². The topological polar surface area (TPSA) is 16.4 Å².